The Balaban J connectivity index is 1.33. The van der Waals surface area contributed by atoms with Crippen molar-refractivity contribution >= 4 is 23.2 Å². The summed E-state index contributed by atoms with van der Waals surface area (Å²) in [7, 11) is 0. The maximum absolute atomic E-state index is 13.8. The zero-order valence-corrected chi connectivity index (χ0v) is 17.2. The molecule has 4 aromatic rings. The lowest BCUT2D eigenvalue weighted by Gasteiger charge is -2.08. The first-order chi connectivity index (χ1) is 15.1. The van der Waals surface area contributed by atoms with Crippen molar-refractivity contribution in [3.8, 4) is 5.75 Å². The van der Waals surface area contributed by atoms with Crippen molar-refractivity contribution in [3.05, 3.63) is 113 Å². The normalized spacial score (nSPS) is 10.6. The average Bonchev–Trinajstić information content (AvgIpc) is 3.21. The number of anilines is 1. The van der Waals surface area contributed by atoms with Crippen LogP contribution < -0.4 is 10.1 Å². The van der Waals surface area contributed by atoms with Gasteiger partial charge < -0.3 is 10.1 Å². The van der Waals surface area contributed by atoms with E-state index in [-0.39, 0.29) is 18.3 Å². The Labute approximate surface area is 184 Å². The lowest BCUT2D eigenvalue weighted by Crippen LogP contribution is -2.11. The fraction of sp³-hybridized carbons (Fsp3) is 0.0833. The molecule has 1 N–H and O–H groups in total. The van der Waals surface area contributed by atoms with Gasteiger partial charge in [0.05, 0.1) is 18.4 Å². The van der Waals surface area contributed by atoms with Gasteiger partial charge in [0.15, 0.2) is 0 Å². The number of hydrogen-bond acceptors (Lipinski definition) is 3. The van der Waals surface area contributed by atoms with Crippen LogP contribution in [-0.2, 0) is 13.2 Å². The molecular formula is C24H19ClFN3O2. The highest BCUT2D eigenvalue weighted by Crippen LogP contribution is 2.19. The Kier molecular flexibility index (Phi) is 6.29. The van der Waals surface area contributed by atoms with Gasteiger partial charge in [-0.3, -0.25) is 9.48 Å². The summed E-state index contributed by atoms with van der Waals surface area (Å²) in [6, 6.07) is 20.8. The second-order valence-corrected chi connectivity index (χ2v) is 7.35. The van der Waals surface area contributed by atoms with Crippen LogP contribution in [-0.4, -0.2) is 15.7 Å². The fourth-order valence-electron chi connectivity index (χ4n) is 2.99. The Hall–Kier alpha value is -3.64. The molecule has 156 valence electrons. The second kappa shape index (κ2) is 9.45. The van der Waals surface area contributed by atoms with Crippen molar-refractivity contribution in [1.29, 1.82) is 0 Å². The predicted molar refractivity (Wildman–Crippen MR) is 118 cm³/mol. The molecule has 0 aliphatic heterocycles. The molecule has 3 aromatic carbocycles. The second-order valence-electron chi connectivity index (χ2n) is 6.92. The quantitative estimate of drug-likeness (QED) is 0.413. The summed E-state index contributed by atoms with van der Waals surface area (Å²) >= 11 is 5.95. The van der Waals surface area contributed by atoms with Crippen LogP contribution in [0.1, 0.15) is 21.5 Å². The van der Waals surface area contributed by atoms with Crippen molar-refractivity contribution < 1.29 is 13.9 Å². The third-order valence-corrected chi connectivity index (χ3v) is 4.83. The van der Waals surface area contributed by atoms with Gasteiger partial charge in [-0.05, 0) is 42.0 Å². The van der Waals surface area contributed by atoms with Gasteiger partial charge >= 0.3 is 0 Å². The molecule has 1 aromatic heterocycles. The number of amides is 1. The van der Waals surface area contributed by atoms with Crippen LogP contribution in [0.5, 0.6) is 5.75 Å². The number of hydrogen-bond donors (Lipinski definition) is 1. The van der Waals surface area contributed by atoms with Crippen LogP contribution >= 0.6 is 11.6 Å². The summed E-state index contributed by atoms with van der Waals surface area (Å²) in [6.07, 6.45) is 3.20. The highest BCUT2D eigenvalue weighted by molar-refractivity contribution is 6.30. The number of carbonyl (C=O) groups is 1. The van der Waals surface area contributed by atoms with Crippen molar-refractivity contribution in [2.24, 2.45) is 0 Å². The number of nitrogens with zero attached hydrogens (tertiary/aromatic N) is 2. The molecule has 0 spiro atoms. The van der Waals surface area contributed by atoms with E-state index in [0.717, 1.165) is 5.56 Å². The highest BCUT2D eigenvalue weighted by Gasteiger charge is 2.09. The molecule has 5 nitrogen and oxygen atoms in total. The summed E-state index contributed by atoms with van der Waals surface area (Å²) in [5.74, 6) is 0.137. The fourth-order valence-corrected chi connectivity index (χ4v) is 3.18. The summed E-state index contributed by atoms with van der Waals surface area (Å²) in [5.41, 5.74) is 2.50. The number of carbonyl (C=O) groups excluding carboxylic acids is 1. The summed E-state index contributed by atoms with van der Waals surface area (Å²) in [6.45, 7) is 0.648. The summed E-state index contributed by atoms with van der Waals surface area (Å²) in [4.78, 5) is 12.5. The molecule has 0 fully saturated rings. The van der Waals surface area contributed by atoms with E-state index in [4.69, 9.17) is 16.3 Å². The van der Waals surface area contributed by atoms with Gasteiger partial charge in [-0.2, -0.15) is 5.10 Å². The number of aromatic nitrogens is 2. The minimum absolute atomic E-state index is 0.257. The standard InChI is InChI=1S/C24H19ClFN3O2/c25-20-5-3-6-22(12-20)31-16-17-8-10-18(11-9-17)24(30)28-21-13-27-29(15-21)14-19-4-1-2-7-23(19)26/h1-13,15H,14,16H2,(H,28,30). The molecule has 0 saturated carbocycles. The minimum Gasteiger partial charge on any atom is -0.489 e. The largest absolute Gasteiger partial charge is 0.489 e. The Morgan fingerprint density at radius 3 is 2.65 bits per heavy atom. The third-order valence-electron chi connectivity index (χ3n) is 4.60. The molecule has 1 amide bonds. The van der Waals surface area contributed by atoms with Gasteiger partial charge in [0, 0.05) is 22.3 Å². The third kappa shape index (κ3) is 5.49. The number of nitrogens with one attached hydrogen (secondary N) is 1. The van der Waals surface area contributed by atoms with Gasteiger partial charge in [-0.25, -0.2) is 4.39 Å². The molecule has 0 aliphatic carbocycles. The van der Waals surface area contributed by atoms with Crippen LogP contribution in [0.25, 0.3) is 0 Å². The van der Waals surface area contributed by atoms with Crippen LogP contribution in [0.2, 0.25) is 5.02 Å². The first-order valence-electron chi connectivity index (χ1n) is 9.61. The summed E-state index contributed by atoms with van der Waals surface area (Å²) < 4.78 is 21.1. The zero-order valence-electron chi connectivity index (χ0n) is 16.5. The Morgan fingerprint density at radius 2 is 1.87 bits per heavy atom. The molecule has 7 heteroatoms. The Morgan fingerprint density at radius 1 is 1.06 bits per heavy atom. The van der Waals surface area contributed by atoms with Gasteiger partial charge in [0.25, 0.3) is 5.91 Å². The van der Waals surface area contributed by atoms with Crippen LogP contribution in [0.15, 0.2) is 85.2 Å². The van der Waals surface area contributed by atoms with E-state index in [9.17, 15) is 9.18 Å². The van der Waals surface area contributed by atoms with Crippen LogP contribution in [0.4, 0.5) is 10.1 Å². The van der Waals surface area contributed by atoms with E-state index < -0.39 is 0 Å². The van der Waals surface area contributed by atoms with Gasteiger partial charge in [-0.15, -0.1) is 0 Å². The molecule has 0 aliphatic rings. The molecule has 4 rings (SSSR count). The smallest absolute Gasteiger partial charge is 0.255 e. The van der Waals surface area contributed by atoms with Crippen molar-refractivity contribution in [2.75, 3.05) is 5.32 Å². The van der Waals surface area contributed by atoms with Crippen LogP contribution in [0, 0.1) is 5.82 Å². The molecule has 1 heterocycles. The number of rotatable bonds is 7. The zero-order chi connectivity index (χ0) is 21.6. The first-order valence-corrected chi connectivity index (χ1v) is 9.99. The van der Waals surface area contributed by atoms with E-state index in [1.807, 2.05) is 24.3 Å². The van der Waals surface area contributed by atoms with E-state index in [2.05, 4.69) is 10.4 Å². The highest BCUT2D eigenvalue weighted by atomic mass is 35.5. The topological polar surface area (TPSA) is 56.2 Å². The van der Waals surface area contributed by atoms with E-state index in [0.29, 0.717) is 34.2 Å². The van der Waals surface area contributed by atoms with Crippen molar-refractivity contribution in [2.45, 2.75) is 13.2 Å². The van der Waals surface area contributed by atoms with Crippen molar-refractivity contribution in [3.63, 3.8) is 0 Å². The van der Waals surface area contributed by atoms with Gasteiger partial charge in [-0.1, -0.05) is 48.0 Å². The van der Waals surface area contributed by atoms with E-state index >= 15 is 0 Å². The van der Waals surface area contributed by atoms with Crippen LogP contribution in [0.3, 0.4) is 0 Å². The molecule has 0 bridgehead atoms. The molecule has 0 saturated heterocycles. The van der Waals surface area contributed by atoms with Crippen molar-refractivity contribution in [1.82, 2.24) is 9.78 Å². The van der Waals surface area contributed by atoms with E-state index in [1.54, 1.807) is 53.3 Å². The lowest BCUT2D eigenvalue weighted by atomic mass is 10.1. The minimum atomic E-state index is -0.289. The SMILES string of the molecule is O=C(Nc1cnn(Cc2ccccc2F)c1)c1ccc(COc2cccc(Cl)c2)cc1. The molecule has 0 atom stereocenters. The summed E-state index contributed by atoms with van der Waals surface area (Å²) in [5, 5.41) is 7.60. The maximum Gasteiger partial charge on any atom is 0.255 e. The molecule has 0 radical (unpaired) electrons. The van der Waals surface area contributed by atoms with Gasteiger partial charge in [0.2, 0.25) is 0 Å². The average molecular weight is 436 g/mol. The Bertz CT molecular complexity index is 1190. The molecule has 31 heavy (non-hydrogen) atoms. The predicted octanol–water partition coefficient (Wildman–Crippen LogP) is 5.56. The van der Waals surface area contributed by atoms with Gasteiger partial charge in [0.1, 0.15) is 18.2 Å². The van der Waals surface area contributed by atoms with E-state index in [1.165, 1.54) is 12.3 Å². The molecule has 0 unspecified atom stereocenters. The lowest BCUT2D eigenvalue weighted by molar-refractivity contribution is 0.102. The number of ether oxygens (including phenoxy) is 1. The first kappa shape index (κ1) is 20.6. The number of benzene rings is 3. The molecular weight excluding hydrogens is 417 g/mol. The maximum atomic E-state index is 13.8. The monoisotopic (exact) mass is 435 g/mol. The number of halogens is 2.